The SMILES string of the molecule is CCCCC/C(=N/NC(=O)CCOCC)c1ccccc1. The monoisotopic (exact) mass is 290 g/mol. The fourth-order valence-corrected chi connectivity index (χ4v) is 1.93. The maximum Gasteiger partial charge on any atom is 0.242 e. The first-order valence-electron chi connectivity index (χ1n) is 7.76. The van der Waals surface area contributed by atoms with Gasteiger partial charge in [0.2, 0.25) is 5.91 Å². The molecule has 0 aromatic heterocycles. The summed E-state index contributed by atoms with van der Waals surface area (Å²) in [6.45, 7) is 5.16. The normalized spacial score (nSPS) is 11.4. The average Bonchev–Trinajstić information content (AvgIpc) is 2.52. The van der Waals surface area contributed by atoms with Crippen molar-refractivity contribution in [1.29, 1.82) is 0 Å². The predicted octanol–water partition coefficient (Wildman–Crippen LogP) is 3.51. The first-order valence-corrected chi connectivity index (χ1v) is 7.76. The number of hydrogen-bond donors (Lipinski definition) is 1. The molecule has 0 aliphatic carbocycles. The van der Waals surface area contributed by atoms with Crippen LogP contribution < -0.4 is 5.43 Å². The van der Waals surface area contributed by atoms with Gasteiger partial charge in [-0.2, -0.15) is 5.10 Å². The number of hydrazone groups is 1. The van der Waals surface area contributed by atoms with Gasteiger partial charge in [-0.05, 0) is 25.3 Å². The van der Waals surface area contributed by atoms with Gasteiger partial charge in [0.25, 0.3) is 0 Å². The van der Waals surface area contributed by atoms with Gasteiger partial charge in [0.05, 0.1) is 18.7 Å². The zero-order valence-corrected chi connectivity index (χ0v) is 13.1. The third kappa shape index (κ3) is 7.61. The van der Waals surface area contributed by atoms with Crippen molar-refractivity contribution in [3.8, 4) is 0 Å². The van der Waals surface area contributed by atoms with E-state index in [4.69, 9.17) is 4.74 Å². The van der Waals surface area contributed by atoms with Crippen LogP contribution in [0.3, 0.4) is 0 Å². The van der Waals surface area contributed by atoms with E-state index in [0.29, 0.717) is 19.6 Å². The lowest BCUT2D eigenvalue weighted by molar-refractivity contribution is -0.122. The van der Waals surface area contributed by atoms with Gasteiger partial charge in [0.1, 0.15) is 0 Å². The van der Waals surface area contributed by atoms with Gasteiger partial charge in [-0.25, -0.2) is 5.43 Å². The molecule has 0 spiro atoms. The van der Waals surface area contributed by atoms with Gasteiger partial charge in [0.15, 0.2) is 0 Å². The molecule has 0 aliphatic rings. The van der Waals surface area contributed by atoms with Crippen LogP contribution in [0, 0.1) is 0 Å². The van der Waals surface area contributed by atoms with E-state index in [0.717, 1.165) is 24.1 Å². The molecule has 0 saturated heterocycles. The van der Waals surface area contributed by atoms with Crippen molar-refractivity contribution in [2.75, 3.05) is 13.2 Å². The minimum Gasteiger partial charge on any atom is -0.381 e. The standard InChI is InChI=1S/C17H26N2O2/c1-3-5-7-12-16(15-10-8-6-9-11-15)18-19-17(20)13-14-21-4-2/h6,8-11H,3-5,7,12-14H2,1-2H3,(H,19,20)/b18-16-. The number of nitrogens with zero attached hydrogens (tertiary/aromatic N) is 1. The molecule has 0 fully saturated rings. The number of ether oxygens (including phenoxy) is 1. The summed E-state index contributed by atoms with van der Waals surface area (Å²) in [5, 5.41) is 4.31. The van der Waals surface area contributed by atoms with Crippen LogP contribution in [0.5, 0.6) is 0 Å². The second kappa shape index (κ2) is 11.0. The number of carbonyl (C=O) groups is 1. The molecule has 0 radical (unpaired) electrons. The highest BCUT2D eigenvalue weighted by molar-refractivity contribution is 6.01. The van der Waals surface area contributed by atoms with Gasteiger partial charge in [-0.3, -0.25) is 4.79 Å². The Balaban J connectivity index is 2.58. The molecule has 1 rings (SSSR count). The van der Waals surface area contributed by atoms with Crippen molar-refractivity contribution in [2.45, 2.75) is 46.0 Å². The van der Waals surface area contributed by atoms with Crippen molar-refractivity contribution in [3.05, 3.63) is 35.9 Å². The maximum absolute atomic E-state index is 11.7. The van der Waals surface area contributed by atoms with E-state index in [-0.39, 0.29) is 5.91 Å². The lowest BCUT2D eigenvalue weighted by atomic mass is 10.0. The molecule has 4 heteroatoms. The number of hydrogen-bond acceptors (Lipinski definition) is 3. The molecule has 0 saturated carbocycles. The Kier molecular flexibility index (Phi) is 9.13. The van der Waals surface area contributed by atoms with E-state index in [2.05, 4.69) is 17.5 Å². The molecular weight excluding hydrogens is 264 g/mol. The van der Waals surface area contributed by atoms with E-state index in [1.54, 1.807) is 0 Å². The zero-order chi connectivity index (χ0) is 15.3. The number of nitrogens with one attached hydrogen (secondary N) is 1. The summed E-state index contributed by atoms with van der Waals surface area (Å²) in [5.74, 6) is -0.104. The molecular formula is C17H26N2O2. The largest absolute Gasteiger partial charge is 0.381 e. The topological polar surface area (TPSA) is 50.7 Å². The number of carbonyl (C=O) groups excluding carboxylic acids is 1. The molecule has 1 N–H and O–H groups in total. The van der Waals surface area contributed by atoms with Crippen LogP contribution in [-0.4, -0.2) is 24.8 Å². The van der Waals surface area contributed by atoms with Gasteiger partial charge >= 0.3 is 0 Å². The highest BCUT2D eigenvalue weighted by Crippen LogP contribution is 2.09. The van der Waals surface area contributed by atoms with E-state index in [9.17, 15) is 4.79 Å². The summed E-state index contributed by atoms with van der Waals surface area (Å²) in [6, 6.07) is 10.0. The molecule has 0 aliphatic heterocycles. The fourth-order valence-electron chi connectivity index (χ4n) is 1.93. The van der Waals surface area contributed by atoms with Crippen LogP contribution in [0.25, 0.3) is 0 Å². The minimum atomic E-state index is -0.104. The van der Waals surface area contributed by atoms with Crippen molar-refractivity contribution < 1.29 is 9.53 Å². The lowest BCUT2D eigenvalue weighted by Gasteiger charge is -2.07. The van der Waals surface area contributed by atoms with Crippen LogP contribution in [-0.2, 0) is 9.53 Å². The zero-order valence-electron chi connectivity index (χ0n) is 13.1. The van der Waals surface area contributed by atoms with Crippen LogP contribution in [0.15, 0.2) is 35.4 Å². The highest BCUT2D eigenvalue weighted by atomic mass is 16.5. The Labute approximate surface area is 127 Å². The van der Waals surface area contributed by atoms with E-state index < -0.39 is 0 Å². The van der Waals surface area contributed by atoms with Crippen LogP contribution in [0.4, 0.5) is 0 Å². The molecule has 1 amide bonds. The van der Waals surface area contributed by atoms with E-state index >= 15 is 0 Å². The van der Waals surface area contributed by atoms with Crippen molar-refractivity contribution in [2.24, 2.45) is 5.10 Å². The van der Waals surface area contributed by atoms with Gasteiger partial charge in [-0.1, -0.05) is 50.1 Å². The molecule has 0 bridgehead atoms. The Bertz CT molecular complexity index is 430. The first-order chi connectivity index (χ1) is 10.3. The summed E-state index contributed by atoms with van der Waals surface area (Å²) in [5.41, 5.74) is 4.64. The molecule has 0 heterocycles. The van der Waals surface area contributed by atoms with Gasteiger partial charge in [-0.15, -0.1) is 0 Å². The van der Waals surface area contributed by atoms with Gasteiger partial charge in [0, 0.05) is 6.61 Å². The Morgan fingerprint density at radius 2 is 1.90 bits per heavy atom. The van der Waals surface area contributed by atoms with E-state index in [1.165, 1.54) is 12.8 Å². The summed E-state index contributed by atoms with van der Waals surface area (Å²) in [7, 11) is 0. The van der Waals surface area contributed by atoms with Gasteiger partial charge < -0.3 is 4.74 Å². The highest BCUT2D eigenvalue weighted by Gasteiger charge is 2.05. The molecule has 1 aromatic carbocycles. The molecule has 0 unspecified atom stereocenters. The van der Waals surface area contributed by atoms with Crippen LogP contribution in [0.1, 0.15) is 51.5 Å². The third-order valence-corrected chi connectivity index (χ3v) is 3.12. The number of amides is 1. The number of unbranched alkanes of at least 4 members (excludes halogenated alkanes) is 2. The molecule has 1 aromatic rings. The Hall–Kier alpha value is -1.68. The molecule has 116 valence electrons. The maximum atomic E-state index is 11.7. The summed E-state index contributed by atoms with van der Waals surface area (Å²) in [6.07, 6.45) is 4.64. The number of benzene rings is 1. The van der Waals surface area contributed by atoms with Crippen LogP contribution >= 0.6 is 0 Å². The number of rotatable bonds is 10. The average molecular weight is 290 g/mol. The molecule has 21 heavy (non-hydrogen) atoms. The first kappa shape index (κ1) is 17.4. The van der Waals surface area contributed by atoms with Crippen LogP contribution in [0.2, 0.25) is 0 Å². The second-order valence-electron chi connectivity index (χ2n) is 4.86. The van der Waals surface area contributed by atoms with Crippen molar-refractivity contribution in [3.63, 3.8) is 0 Å². The lowest BCUT2D eigenvalue weighted by Crippen LogP contribution is -2.21. The second-order valence-corrected chi connectivity index (χ2v) is 4.86. The Morgan fingerprint density at radius 1 is 1.14 bits per heavy atom. The third-order valence-electron chi connectivity index (χ3n) is 3.12. The predicted molar refractivity (Wildman–Crippen MR) is 86.4 cm³/mol. The van der Waals surface area contributed by atoms with Crippen molar-refractivity contribution in [1.82, 2.24) is 5.43 Å². The Morgan fingerprint density at radius 3 is 2.57 bits per heavy atom. The van der Waals surface area contributed by atoms with Crippen molar-refractivity contribution >= 4 is 11.6 Å². The summed E-state index contributed by atoms with van der Waals surface area (Å²) in [4.78, 5) is 11.7. The smallest absolute Gasteiger partial charge is 0.242 e. The van der Waals surface area contributed by atoms with E-state index in [1.807, 2.05) is 37.3 Å². The quantitative estimate of drug-likeness (QED) is 0.407. The summed E-state index contributed by atoms with van der Waals surface area (Å²) >= 11 is 0. The minimum absolute atomic E-state index is 0.104. The fraction of sp³-hybridized carbons (Fsp3) is 0.529. The molecule has 0 atom stereocenters. The molecule has 4 nitrogen and oxygen atoms in total. The summed E-state index contributed by atoms with van der Waals surface area (Å²) < 4.78 is 5.17.